The first-order valence-corrected chi connectivity index (χ1v) is 10.2. The number of hydrogen-bond acceptors (Lipinski definition) is 3. The molecule has 1 aliphatic carbocycles. The Labute approximate surface area is 167 Å². The minimum absolute atomic E-state index is 0.00477. The predicted octanol–water partition coefficient (Wildman–Crippen LogP) is 3.75. The number of carbonyl (C=O) groups excluding carboxylic acids is 2. The molecule has 0 spiro atoms. The maximum absolute atomic E-state index is 13.1. The fourth-order valence-electron chi connectivity index (χ4n) is 3.83. The molecule has 0 radical (unpaired) electrons. The van der Waals surface area contributed by atoms with Crippen LogP contribution < -0.4 is 5.32 Å². The molecule has 1 aliphatic heterocycles. The topological polar surface area (TPSA) is 62.3 Å². The molecule has 1 saturated carbocycles. The molecule has 1 aromatic heterocycles. The lowest BCUT2D eigenvalue weighted by Crippen LogP contribution is -2.45. The van der Waals surface area contributed by atoms with Crippen LogP contribution in [0.1, 0.15) is 31.2 Å². The summed E-state index contributed by atoms with van der Waals surface area (Å²) < 4.78 is 1.02. The van der Waals surface area contributed by atoms with Crippen LogP contribution in [0, 0.1) is 5.92 Å². The molecule has 5 nitrogen and oxygen atoms in total. The van der Waals surface area contributed by atoms with Gasteiger partial charge >= 0.3 is 0 Å². The first-order valence-electron chi connectivity index (χ1n) is 9.36. The number of pyridine rings is 1. The van der Waals surface area contributed by atoms with Gasteiger partial charge in [-0.2, -0.15) is 0 Å². The Bertz CT molecular complexity index is 826. The molecule has 1 aromatic carbocycles. The molecule has 6 heteroatoms. The van der Waals surface area contributed by atoms with Crippen molar-refractivity contribution in [2.45, 2.75) is 31.1 Å². The van der Waals surface area contributed by atoms with E-state index in [0.717, 1.165) is 22.9 Å². The Balaban J connectivity index is 1.36. The van der Waals surface area contributed by atoms with Crippen LogP contribution in [-0.2, 0) is 15.0 Å². The molecule has 140 valence electrons. The van der Waals surface area contributed by atoms with Crippen LogP contribution in [0.2, 0.25) is 0 Å². The number of nitrogens with one attached hydrogen (secondary N) is 1. The van der Waals surface area contributed by atoms with Gasteiger partial charge in [-0.3, -0.25) is 9.59 Å². The normalized spacial score (nSPS) is 18.8. The van der Waals surface area contributed by atoms with E-state index in [2.05, 4.69) is 26.2 Å². The van der Waals surface area contributed by atoms with Gasteiger partial charge in [-0.05, 0) is 55.5 Å². The lowest BCUT2D eigenvalue weighted by molar-refractivity contribution is -0.137. The monoisotopic (exact) mass is 427 g/mol. The van der Waals surface area contributed by atoms with E-state index in [9.17, 15) is 9.59 Å². The van der Waals surface area contributed by atoms with Gasteiger partial charge < -0.3 is 10.2 Å². The second-order valence-corrected chi connectivity index (χ2v) is 8.28. The summed E-state index contributed by atoms with van der Waals surface area (Å²) in [6.45, 7) is 1.27. The quantitative estimate of drug-likeness (QED) is 0.807. The molecule has 27 heavy (non-hydrogen) atoms. The summed E-state index contributed by atoms with van der Waals surface area (Å²) in [5.41, 5.74) is 0.759. The van der Waals surface area contributed by atoms with Crippen LogP contribution in [0.5, 0.6) is 0 Å². The van der Waals surface area contributed by atoms with Gasteiger partial charge in [0.15, 0.2) is 0 Å². The molecule has 4 rings (SSSR count). The zero-order valence-corrected chi connectivity index (χ0v) is 16.6. The molecule has 0 atom stereocenters. The van der Waals surface area contributed by atoms with Crippen LogP contribution in [0.4, 0.5) is 5.82 Å². The highest BCUT2D eigenvalue weighted by atomic mass is 79.9. The van der Waals surface area contributed by atoms with Gasteiger partial charge in [-0.25, -0.2) is 4.98 Å². The molecule has 2 fully saturated rings. The lowest BCUT2D eigenvalue weighted by atomic mass is 9.91. The van der Waals surface area contributed by atoms with Crippen molar-refractivity contribution >= 4 is 33.6 Å². The van der Waals surface area contributed by atoms with Gasteiger partial charge in [0.25, 0.3) is 0 Å². The summed E-state index contributed by atoms with van der Waals surface area (Å²) in [6, 6.07) is 13.5. The molecule has 0 unspecified atom stereocenters. The van der Waals surface area contributed by atoms with Crippen molar-refractivity contribution in [3.63, 3.8) is 0 Å². The summed E-state index contributed by atoms with van der Waals surface area (Å²) in [4.78, 5) is 31.7. The zero-order valence-electron chi connectivity index (χ0n) is 15.0. The van der Waals surface area contributed by atoms with Gasteiger partial charge in [-0.15, -0.1) is 0 Å². The number of hydrogen-bond donors (Lipinski definition) is 1. The molecule has 1 N–H and O–H groups in total. The summed E-state index contributed by atoms with van der Waals surface area (Å²) >= 11 is 3.45. The highest BCUT2D eigenvalue weighted by molar-refractivity contribution is 9.10. The molecule has 2 aromatic rings. The Kier molecular flexibility index (Phi) is 5.00. The molecule has 2 amide bonds. The van der Waals surface area contributed by atoms with Gasteiger partial charge in [0.05, 0.1) is 5.41 Å². The largest absolute Gasteiger partial charge is 0.342 e. The summed E-state index contributed by atoms with van der Waals surface area (Å²) in [5, 5.41) is 2.87. The molecule has 2 heterocycles. The third-order valence-corrected chi connectivity index (χ3v) is 6.15. The Morgan fingerprint density at radius 2 is 1.78 bits per heavy atom. The minimum atomic E-state index is -0.343. The minimum Gasteiger partial charge on any atom is -0.342 e. The standard InChI is InChI=1S/C21H22BrN3O2/c22-17-6-4-16(5-7-17)21(10-11-21)20(27)25-13-8-15(9-14-25)19(26)24-18-3-1-2-12-23-18/h1-7,12,15H,8-11,13-14H2,(H,23,24,26). The third kappa shape index (κ3) is 3.76. The summed E-state index contributed by atoms with van der Waals surface area (Å²) in [7, 11) is 0. The maximum Gasteiger partial charge on any atom is 0.233 e. The Hall–Kier alpha value is -2.21. The van der Waals surface area contributed by atoms with Crippen LogP contribution in [0.3, 0.4) is 0 Å². The number of rotatable bonds is 4. The van der Waals surface area contributed by atoms with Crippen molar-refractivity contribution in [3.8, 4) is 0 Å². The lowest BCUT2D eigenvalue weighted by Gasteiger charge is -2.34. The average Bonchev–Trinajstić information content (AvgIpc) is 3.51. The van der Waals surface area contributed by atoms with Gasteiger partial charge in [-0.1, -0.05) is 34.1 Å². The van der Waals surface area contributed by atoms with E-state index in [1.54, 1.807) is 12.3 Å². The van der Waals surface area contributed by atoms with Crippen molar-refractivity contribution in [3.05, 3.63) is 58.7 Å². The number of nitrogens with zero attached hydrogens (tertiary/aromatic N) is 2. The number of benzene rings is 1. The highest BCUT2D eigenvalue weighted by Crippen LogP contribution is 2.50. The second-order valence-electron chi connectivity index (χ2n) is 7.36. The Morgan fingerprint density at radius 1 is 1.07 bits per heavy atom. The molecular formula is C21H22BrN3O2. The van der Waals surface area contributed by atoms with E-state index in [0.29, 0.717) is 31.7 Å². The fourth-order valence-corrected chi connectivity index (χ4v) is 4.10. The van der Waals surface area contributed by atoms with E-state index in [4.69, 9.17) is 0 Å². The number of amides is 2. The number of piperidine rings is 1. The third-order valence-electron chi connectivity index (χ3n) is 5.63. The SMILES string of the molecule is O=C(Nc1ccccn1)C1CCN(C(=O)C2(c3ccc(Br)cc3)CC2)CC1. The van der Waals surface area contributed by atoms with E-state index < -0.39 is 0 Å². The first kappa shape index (κ1) is 18.2. The number of likely N-dealkylation sites (tertiary alicyclic amines) is 1. The smallest absolute Gasteiger partial charge is 0.233 e. The maximum atomic E-state index is 13.1. The van der Waals surface area contributed by atoms with Crippen molar-refractivity contribution in [2.75, 3.05) is 18.4 Å². The van der Waals surface area contributed by atoms with Crippen LogP contribution in [0.15, 0.2) is 53.1 Å². The number of halogens is 1. The van der Waals surface area contributed by atoms with Gasteiger partial charge in [0, 0.05) is 29.7 Å². The van der Waals surface area contributed by atoms with Gasteiger partial charge in [0.1, 0.15) is 5.82 Å². The highest BCUT2D eigenvalue weighted by Gasteiger charge is 2.53. The summed E-state index contributed by atoms with van der Waals surface area (Å²) in [5.74, 6) is 0.718. The molecule has 1 saturated heterocycles. The van der Waals surface area contributed by atoms with E-state index >= 15 is 0 Å². The van der Waals surface area contributed by atoms with E-state index in [-0.39, 0.29) is 23.1 Å². The fraction of sp³-hybridized carbons (Fsp3) is 0.381. The molecule has 0 bridgehead atoms. The summed E-state index contributed by atoms with van der Waals surface area (Å²) in [6.07, 6.45) is 4.87. The first-order chi connectivity index (χ1) is 13.1. The number of carbonyl (C=O) groups is 2. The predicted molar refractivity (Wildman–Crippen MR) is 107 cm³/mol. The van der Waals surface area contributed by atoms with Crippen molar-refractivity contribution < 1.29 is 9.59 Å². The van der Waals surface area contributed by atoms with E-state index in [1.807, 2.05) is 41.3 Å². The van der Waals surface area contributed by atoms with Crippen LogP contribution in [-0.4, -0.2) is 34.8 Å². The molecule has 2 aliphatic rings. The van der Waals surface area contributed by atoms with Crippen LogP contribution >= 0.6 is 15.9 Å². The number of aromatic nitrogens is 1. The number of anilines is 1. The van der Waals surface area contributed by atoms with Gasteiger partial charge in [0.2, 0.25) is 11.8 Å². The zero-order chi connectivity index (χ0) is 18.9. The van der Waals surface area contributed by atoms with Crippen molar-refractivity contribution in [1.82, 2.24) is 9.88 Å². The molecular weight excluding hydrogens is 406 g/mol. The Morgan fingerprint density at radius 3 is 2.37 bits per heavy atom. The van der Waals surface area contributed by atoms with Crippen molar-refractivity contribution in [2.24, 2.45) is 5.92 Å². The van der Waals surface area contributed by atoms with Crippen molar-refractivity contribution in [1.29, 1.82) is 0 Å². The van der Waals surface area contributed by atoms with Crippen LogP contribution in [0.25, 0.3) is 0 Å². The average molecular weight is 428 g/mol. The second kappa shape index (κ2) is 7.43. The van der Waals surface area contributed by atoms with E-state index in [1.165, 1.54) is 0 Å².